The van der Waals surface area contributed by atoms with Gasteiger partial charge in [0.15, 0.2) is 0 Å². The maximum Gasteiger partial charge on any atom is 0.407 e. The first-order valence-corrected chi connectivity index (χ1v) is 11.7. The molecule has 0 bridgehead atoms. The van der Waals surface area contributed by atoms with E-state index in [1.807, 2.05) is 36.4 Å². The standard InChI is InChI=1S/C26H28N2O6/c29-16-12-23(25(31)32)28(13-16)24(30)22(11-15-9-10-15)27-26(33)34-14-21-19-7-3-1-5-17(19)18-6-2-4-8-20(18)21/h1-8,15-16,21-23,29H,9-14H2,(H,27,33)(H,31,32)/t16-,22-,23-/m0/s1. The molecule has 178 valence electrons. The number of likely N-dealkylation sites (tertiary alicyclic amines) is 1. The highest BCUT2D eigenvalue weighted by Gasteiger charge is 2.43. The summed E-state index contributed by atoms with van der Waals surface area (Å²) >= 11 is 0. The van der Waals surface area contributed by atoms with Crippen LogP contribution in [0.3, 0.4) is 0 Å². The third-order valence-corrected chi connectivity index (χ3v) is 7.05. The molecule has 0 spiro atoms. The van der Waals surface area contributed by atoms with Gasteiger partial charge in [0.2, 0.25) is 5.91 Å². The van der Waals surface area contributed by atoms with Crippen LogP contribution in [0, 0.1) is 5.92 Å². The Morgan fingerprint density at radius 3 is 2.24 bits per heavy atom. The van der Waals surface area contributed by atoms with Crippen LogP contribution in [-0.4, -0.2) is 64.4 Å². The number of nitrogens with zero attached hydrogens (tertiary/aromatic N) is 1. The Hall–Kier alpha value is -3.39. The fourth-order valence-electron chi connectivity index (χ4n) is 5.18. The van der Waals surface area contributed by atoms with Gasteiger partial charge in [-0.05, 0) is 34.6 Å². The number of aliphatic carboxylic acids is 1. The summed E-state index contributed by atoms with van der Waals surface area (Å²) in [7, 11) is 0. The first-order chi connectivity index (χ1) is 16.4. The first-order valence-electron chi connectivity index (χ1n) is 11.7. The van der Waals surface area contributed by atoms with Crippen molar-refractivity contribution in [2.24, 2.45) is 5.92 Å². The van der Waals surface area contributed by atoms with Crippen molar-refractivity contribution in [1.82, 2.24) is 10.2 Å². The van der Waals surface area contributed by atoms with Crippen molar-refractivity contribution in [3.05, 3.63) is 59.7 Å². The summed E-state index contributed by atoms with van der Waals surface area (Å²) in [4.78, 5) is 38.7. The molecule has 34 heavy (non-hydrogen) atoms. The summed E-state index contributed by atoms with van der Waals surface area (Å²) in [5.74, 6) is -1.42. The van der Waals surface area contributed by atoms with E-state index in [1.54, 1.807) is 0 Å². The molecule has 1 aliphatic heterocycles. The zero-order valence-electron chi connectivity index (χ0n) is 18.7. The molecule has 5 rings (SSSR count). The van der Waals surface area contributed by atoms with Gasteiger partial charge >= 0.3 is 12.1 Å². The highest BCUT2D eigenvalue weighted by Crippen LogP contribution is 2.44. The van der Waals surface area contributed by atoms with E-state index in [0.717, 1.165) is 35.1 Å². The lowest BCUT2D eigenvalue weighted by Crippen LogP contribution is -2.52. The molecule has 2 aliphatic carbocycles. The summed E-state index contributed by atoms with van der Waals surface area (Å²) in [6.45, 7) is 0.0771. The number of fused-ring (bicyclic) bond motifs is 3. The first kappa shape index (κ1) is 22.4. The van der Waals surface area contributed by atoms with Crippen molar-refractivity contribution in [3.63, 3.8) is 0 Å². The fourth-order valence-corrected chi connectivity index (χ4v) is 5.18. The number of β-amino-alcohol motifs (C(OH)–C–C–N with tert-alkyl or cyclic N) is 1. The molecule has 0 radical (unpaired) electrons. The zero-order valence-corrected chi connectivity index (χ0v) is 18.7. The molecular formula is C26H28N2O6. The van der Waals surface area contributed by atoms with Gasteiger partial charge in [0.1, 0.15) is 18.7 Å². The van der Waals surface area contributed by atoms with E-state index in [9.17, 15) is 24.6 Å². The largest absolute Gasteiger partial charge is 0.480 e. The minimum atomic E-state index is -1.16. The van der Waals surface area contributed by atoms with Crippen LogP contribution in [0.15, 0.2) is 48.5 Å². The fraction of sp³-hybridized carbons (Fsp3) is 0.423. The number of aliphatic hydroxyl groups excluding tert-OH is 1. The Kier molecular flexibility index (Phi) is 6.00. The zero-order chi connectivity index (χ0) is 23.8. The third kappa shape index (κ3) is 4.37. The van der Waals surface area contributed by atoms with Gasteiger partial charge in [-0.3, -0.25) is 4.79 Å². The second-order valence-electron chi connectivity index (χ2n) is 9.44. The number of hydrogen-bond acceptors (Lipinski definition) is 5. The van der Waals surface area contributed by atoms with E-state index >= 15 is 0 Å². The van der Waals surface area contributed by atoms with Crippen LogP contribution in [0.1, 0.15) is 42.7 Å². The van der Waals surface area contributed by atoms with Crippen LogP contribution < -0.4 is 5.32 Å². The molecule has 2 fully saturated rings. The Balaban J connectivity index is 1.27. The summed E-state index contributed by atoms with van der Waals surface area (Å²) < 4.78 is 5.59. The van der Waals surface area contributed by atoms with Crippen LogP contribution in [-0.2, 0) is 14.3 Å². The molecule has 1 saturated heterocycles. The molecule has 2 aromatic rings. The summed E-state index contributed by atoms with van der Waals surface area (Å²) in [6, 6.07) is 14.1. The van der Waals surface area contributed by atoms with Crippen molar-refractivity contribution in [2.75, 3.05) is 13.2 Å². The Morgan fingerprint density at radius 2 is 1.65 bits per heavy atom. The van der Waals surface area contributed by atoms with E-state index < -0.39 is 36.2 Å². The second-order valence-corrected chi connectivity index (χ2v) is 9.44. The maximum absolute atomic E-state index is 13.2. The van der Waals surface area contributed by atoms with Gasteiger partial charge < -0.3 is 25.2 Å². The molecule has 1 heterocycles. The number of carboxylic acid groups (broad SMARTS) is 1. The highest BCUT2D eigenvalue weighted by molar-refractivity contribution is 5.90. The Morgan fingerprint density at radius 1 is 1.03 bits per heavy atom. The Bertz CT molecular complexity index is 1070. The van der Waals surface area contributed by atoms with Gasteiger partial charge in [-0.2, -0.15) is 0 Å². The number of benzene rings is 2. The molecule has 0 aromatic heterocycles. The van der Waals surface area contributed by atoms with Gasteiger partial charge in [-0.15, -0.1) is 0 Å². The molecule has 2 aromatic carbocycles. The van der Waals surface area contributed by atoms with Crippen LogP contribution in [0.4, 0.5) is 4.79 Å². The molecule has 2 amide bonds. The van der Waals surface area contributed by atoms with Crippen molar-refractivity contribution >= 4 is 18.0 Å². The van der Waals surface area contributed by atoms with Crippen molar-refractivity contribution in [2.45, 2.75) is 49.8 Å². The normalized spacial score (nSPS) is 22.1. The molecule has 3 N–H and O–H groups in total. The number of aliphatic hydroxyl groups is 1. The minimum absolute atomic E-state index is 0.0117. The maximum atomic E-state index is 13.2. The van der Waals surface area contributed by atoms with Crippen molar-refractivity contribution in [3.8, 4) is 11.1 Å². The van der Waals surface area contributed by atoms with Crippen molar-refractivity contribution in [1.29, 1.82) is 0 Å². The number of ether oxygens (including phenoxy) is 1. The van der Waals surface area contributed by atoms with Crippen LogP contribution in [0.25, 0.3) is 11.1 Å². The van der Waals surface area contributed by atoms with E-state index in [4.69, 9.17) is 4.74 Å². The quantitative estimate of drug-likeness (QED) is 0.580. The monoisotopic (exact) mass is 464 g/mol. The number of alkyl carbamates (subject to hydrolysis) is 1. The van der Waals surface area contributed by atoms with Crippen LogP contribution in [0.2, 0.25) is 0 Å². The average molecular weight is 465 g/mol. The SMILES string of the molecule is O=C(N[C@@H](CC1CC1)C(=O)N1C[C@@H](O)C[C@H]1C(=O)O)OCC1c2ccccc2-c2ccccc21. The average Bonchev–Trinajstić information content (AvgIpc) is 3.47. The third-order valence-electron chi connectivity index (χ3n) is 7.05. The number of rotatable bonds is 7. The predicted molar refractivity (Wildman–Crippen MR) is 123 cm³/mol. The van der Waals surface area contributed by atoms with Crippen LogP contribution >= 0.6 is 0 Å². The van der Waals surface area contributed by atoms with Gasteiger partial charge in [-0.1, -0.05) is 61.4 Å². The minimum Gasteiger partial charge on any atom is -0.480 e. The van der Waals surface area contributed by atoms with Gasteiger partial charge in [0, 0.05) is 18.9 Å². The lowest BCUT2D eigenvalue weighted by atomic mass is 9.98. The molecule has 3 aliphatic rings. The van der Waals surface area contributed by atoms with Crippen LogP contribution in [0.5, 0.6) is 0 Å². The van der Waals surface area contributed by atoms with E-state index in [2.05, 4.69) is 17.4 Å². The Labute approximate surface area is 197 Å². The number of carbonyl (C=O) groups excluding carboxylic acids is 2. The van der Waals surface area contributed by atoms with Crippen molar-refractivity contribution < 1.29 is 29.3 Å². The van der Waals surface area contributed by atoms with E-state index in [-0.39, 0.29) is 25.5 Å². The number of hydrogen-bond donors (Lipinski definition) is 3. The second kappa shape index (κ2) is 9.10. The molecule has 1 saturated carbocycles. The topological polar surface area (TPSA) is 116 Å². The molecule has 0 unspecified atom stereocenters. The molecular weight excluding hydrogens is 436 g/mol. The van der Waals surface area contributed by atoms with E-state index in [1.165, 1.54) is 4.90 Å². The summed E-state index contributed by atoms with van der Waals surface area (Å²) in [6.07, 6.45) is 0.778. The molecule has 8 heteroatoms. The lowest BCUT2D eigenvalue weighted by molar-refractivity contribution is -0.149. The number of carbonyl (C=O) groups is 3. The number of amides is 2. The van der Waals surface area contributed by atoms with Gasteiger partial charge in [-0.25, -0.2) is 9.59 Å². The smallest absolute Gasteiger partial charge is 0.407 e. The lowest BCUT2D eigenvalue weighted by Gasteiger charge is -2.27. The number of nitrogens with one attached hydrogen (secondary N) is 1. The molecule has 8 nitrogen and oxygen atoms in total. The number of carboxylic acids is 1. The van der Waals surface area contributed by atoms with Gasteiger partial charge in [0.25, 0.3) is 0 Å². The van der Waals surface area contributed by atoms with E-state index in [0.29, 0.717) is 12.3 Å². The van der Waals surface area contributed by atoms with Gasteiger partial charge in [0.05, 0.1) is 6.10 Å². The highest BCUT2D eigenvalue weighted by atomic mass is 16.5. The molecule has 3 atom stereocenters. The summed E-state index contributed by atoms with van der Waals surface area (Å²) in [5.41, 5.74) is 4.44. The summed E-state index contributed by atoms with van der Waals surface area (Å²) in [5, 5.41) is 22.1. The predicted octanol–water partition coefficient (Wildman–Crippen LogP) is 2.74.